The van der Waals surface area contributed by atoms with Crippen molar-refractivity contribution >= 4 is 48.6 Å². The molecule has 10 aromatic rings. The Labute approximate surface area is 355 Å². The Balaban J connectivity index is 1.01. The van der Waals surface area contributed by atoms with Crippen LogP contribution in [0.4, 0.5) is 17.1 Å². The topological polar surface area (TPSA) is 3.24 Å². The third kappa shape index (κ3) is 4.98. The molecule has 0 unspecified atom stereocenters. The van der Waals surface area contributed by atoms with Gasteiger partial charge >= 0.3 is 0 Å². The molecule has 1 aromatic heterocycles. The summed E-state index contributed by atoms with van der Waals surface area (Å²) in [5.74, 6) is 0. The number of hydrogen-bond acceptors (Lipinski definition) is 2. The van der Waals surface area contributed by atoms with Crippen molar-refractivity contribution in [2.45, 2.75) is 24.7 Å². The molecule has 60 heavy (non-hydrogen) atoms. The summed E-state index contributed by atoms with van der Waals surface area (Å²) in [6.07, 6.45) is 0. The first-order valence-corrected chi connectivity index (χ1v) is 21.7. The van der Waals surface area contributed by atoms with E-state index in [-0.39, 0.29) is 5.41 Å². The average Bonchev–Trinajstić information content (AvgIpc) is 3.83. The van der Waals surface area contributed by atoms with Crippen LogP contribution >= 0.6 is 11.3 Å². The van der Waals surface area contributed by atoms with Crippen molar-refractivity contribution in [2.75, 3.05) is 4.90 Å². The molecule has 12 rings (SSSR count). The molecule has 0 N–H and O–H groups in total. The Bertz CT molecular complexity index is 3250. The molecule has 0 radical (unpaired) electrons. The minimum Gasteiger partial charge on any atom is -0.310 e. The Hall–Kier alpha value is -7.00. The predicted molar refractivity (Wildman–Crippen MR) is 254 cm³/mol. The summed E-state index contributed by atoms with van der Waals surface area (Å²) in [4.78, 5) is 2.39. The van der Waals surface area contributed by atoms with Crippen molar-refractivity contribution in [2.24, 2.45) is 0 Å². The van der Waals surface area contributed by atoms with Gasteiger partial charge < -0.3 is 4.90 Å². The van der Waals surface area contributed by atoms with Crippen molar-refractivity contribution in [3.63, 3.8) is 0 Å². The molecule has 2 aliphatic rings. The fourth-order valence-electron chi connectivity index (χ4n) is 10.7. The summed E-state index contributed by atoms with van der Waals surface area (Å²) in [6.45, 7) is 4.80. The van der Waals surface area contributed by atoms with Crippen LogP contribution in [0.2, 0.25) is 0 Å². The van der Waals surface area contributed by atoms with E-state index in [0.29, 0.717) is 0 Å². The summed E-state index contributed by atoms with van der Waals surface area (Å²) in [5, 5.41) is 2.66. The number of hydrogen-bond donors (Lipinski definition) is 0. The minimum absolute atomic E-state index is 0.178. The summed E-state index contributed by atoms with van der Waals surface area (Å²) in [7, 11) is 0. The van der Waals surface area contributed by atoms with Gasteiger partial charge in [-0.05, 0) is 121 Å². The van der Waals surface area contributed by atoms with Gasteiger partial charge in [0.2, 0.25) is 0 Å². The van der Waals surface area contributed by atoms with Crippen LogP contribution in [0.25, 0.3) is 53.6 Å². The average molecular weight is 784 g/mol. The second-order valence-corrected chi connectivity index (χ2v) is 17.9. The summed E-state index contributed by atoms with van der Waals surface area (Å²) in [5.41, 5.74) is 18.5. The molecule has 9 aromatic carbocycles. The number of fused-ring (bicyclic) bond motifs is 12. The maximum Gasteiger partial charge on any atom is 0.0719 e. The van der Waals surface area contributed by atoms with E-state index in [1.54, 1.807) is 0 Å². The first-order chi connectivity index (χ1) is 29.5. The third-order valence-electron chi connectivity index (χ3n) is 13.3. The van der Waals surface area contributed by atoms with Crippen LogP contribution in [-0.4, -0.2) is 0 Å². The van der Waals surface area contributed by atoms with E-state index in [2.05, 4.69) is 231 Å². The zero-order valence-electron chi connectivity index (χ0n) is 33.6. The lowest BCUT2D eigenvalue weighted by molar-refractivity contribution is 0.563. The fraction of sp³-hybridized carbons (Fsp3) is 0.0690. The van der Waals surface area contributed by atoms with Crippen LogP contribution < -0.4 is 4.90 Å². The highest BCUT2D eigenvalue weighted by Gasteiger charge is 2.53. The molecule has 2 aliphatic carbocycles. The van der Waals surface area contributed by atoms with E-state index in [9.17, 15) is 0 Å². The standard InChI is InChI=1S/C58H41NS/c1-57(2)50-26-11-12-27-52(50)58(48-24-9-6-20-45(48)46-21-7-10-25-49(46)58)53-37-40(32-35-51(53)57)39-16-14-19-43(36-39)59(41-17-4-3-5-18-41)42-33-30-38(31-34-42)44-23-15-29-55-56(44)47-22-8-13-28-54(47)60-55/h3-37H,1-2H3. The van der Waals surface area contributed by atoms with Gasteiger partial charge in [-0.3, -0.25) is 0 Å². The van der Waals surface area contributed by atoms with Crippen molar-refractivity contribution in [3.05, 3.63) is 246 Å². The fourth-order valence-corrected chi connectivity index (χ4v) is 11.8. The monoisotopic (exact) mass is 783 g/mol. The molecule has 0 fully saturated rings. The van der Waals surface area contributed by atoms with Gasteiger partial charge in [0.1, 0.15) is 0 Å². The number of nitrogens with zero attached hydrogens (tertiary/aromatic N) is 1. The Kier molecular flexibility index (Phi) is 7.73. The van der Waals surface area contributed by atoms with Gasteiger partial charge in [0.25, 0.3) is 0 Å². The molecule has 1 spiro atoms. The zero-order valence-corrected chi connectivity index (χ0v) is 34.4. The molecular formula is C58H41NS. The second kappa shape index (κ2) is 13.3. The Morgan fingerprint density at radius 1 is 0.350 bits per heavy atom. The van der Waals surface area contributed by atoms with Crippen LogP contribution in [-0.2, 0) is 10.8 Å². The van der Waals surface area contributed by atoms with Crippen molar-refractivity contribution < 1.29 is 0 Å². The Morgan fingerprint density at radius 2 is 0.883 bits per heavy atom. The SMILES string of the molecule is CC1(C)c2ccccc2C2(c3ccccc3-c3ccccc32)c2cc(-c3cccc(N(c4ccccc4)c4ccc(-c5cccc6sc7ccccc7c56)cc4)c3)ccc21. The highest BCUT2D eigenvalue weighted by molar-refractivity contribution is 7.25. The molecule has 0 amide bonds. The molecule has 0 aliphatic heterocycles. The first kappa shape index (κ1) is 35.0. The smallest absolute Gasteiger partial charge is 0.0719 e. The van der Waals surface area contributed by atoms with Crippen LogP contribution in [0, 0.1) is 0 Å². The van der Waals surface area contributed by atoms with Crippen LogP contribution in [0.5, 0.6) is 0 Å². The molecule has 1 nitrogen and oxygen atoms in total. The van der Waals surface area contributed by atoms with E-state index in [1.165, 1.54) is 86.9 Å². The van der Waals surface area contributed by atoms with E-state index < -0.39 is 5.41 Å². The zero-order chi connectivity index (χ0) is 40.0. The number of thiophene rings is 1. The number of para-hydroxylation sites is 1. The molecule has 1 heterocycles. The lowest BCUT2D eigenvalue weighted by atomic mass is 9.55. The lowest BCUT2D eigenvalue weighted by Crippen LogP contribution is -2.40. The Morgan fingerprint density at radius 3 is 1.65 bits per heavy atom. The lowest BCUT2D eigenvalue weighted by Gasteiger charge is -2.47. The van der Waals surface area contributed by atoms with E-state index in [1.807, 2.05) is 11.3 Å². The number of benzene rings is 9. The van der Waals surface area contributed by atoms with E-state index >= 15 is 0 Å². The van der Waals surface area contributed by atoms with Gasteiger partial charge in [-0.1, -0.05) is 172 Å². The number of anilines is 3. The van der Waals surface area contributed by atoms with Crippen molar-refractivity contribution in [1.29, 1.82) is 0 Å². The quantitative estimate of drug-likeness (QED) is 0.168. The number of rotatable bonds is 5. The van der Waals surface area contributed by atoms with Gasteiger partial charge in [0, 0.05) is 42.6 Å². The molecule has 0 bridgehead atoms. The summed E-state index contributed by atoms with van der Waals surface area (Å²) >= 11 is 1.87. The summed E-state index contributed by atoms with van der Waals surface area (Å²) < 4.78 is 2.65. The molecule has 0 saturated heterocycles. The molecule has 2 heteroatoms. The maximum absolute atomic E-state index is 2.52. The van der Waals surface area contributed by atoms with Gasteiger partial charge in [0.15, 0.2) is 0 Å². The van der Waals surface area contributed by atoms with E-state index in [0.717, 1.165) is 17.1 Å². The second-order valence-electron chi connectivity index (χ2n) is 16.8. The maximum atomic E-state index is 2.52. The van der Waals surface area contributed by atoms with Crippen LogP contribution in [0.1, 0.15) is 47.2 Å². The molecule has 284 valence electrons. The van der Waals surface area contributed by atoms with Gasteiger partial charge in [-0.15, -0.1) is 11.3 Å². The van der Waals surface area contributed by atoms with Crippen LogP contribution in [0.3, 0.4) is 0 Å². The largest absolute Gasteiger partial charge is 0.310 e. The van der Waals surface area contributed by atoms with Crippen molar-refractivity contribution in [1.82, 2.24) is 0 Å². The highest BCUT2D eigenvalue weighted by Crippen LogP contribution is 2.62. The third-order valence-corrected chi connectivity index (χ3v) is 14.5. The minimum atomic E-state index is -0.431. The summed E-state index contributed by atoms with van der Waals surface area (Å²) in [6, 6.07) is 79.1. The van der Waals surface area contributed by atoms with Gasteiger partial charge in [-0.25, -0.2) is 0 Å². The van der Waals surface area contributed by atoms with Gasteiger partial charge in [0.05, 0.1) is 5.41 Å². The molecular weight excluding hydrogens is 743 g/mol. The van der Waals surface area contributed by atoms with E-state index in [4.69, 9.17) is 0 Å². The van der Waals surface area contributed by atoms with Gasteiger partial charge in [-0.2, -0.15) is 0 Å². The predicted octanol–water partition coefficient (Wildman–Crippen LogP) is 15.9. The molecule has 0 atom stereocenters. The highest BCUT2D eigenvalue weighted by atomic mass is 32.1. The van der Waals surface area contributed by atoms with Crippen molar-refractivity contribution in [3.8, 4) is 33.4 Å². The van der Waals surface area contributed by atoms with Crippen LogP contribution in [0.15, 0.2) is 212 Å². The first-order valence-electron chi connectivity index (χ1n) is 20.9. The normalized spacial score (nSPS) is 14.1. The molecule has 0 saturated carbocycles.